The second-order valence-electron chi connectivity index (χ2n) is 8.21. The van der Waals surface area contributed by atoms with Crippen LogP contribution in [0.2, 0.25) is 5.02 Å². The van der Waals surface area contributed by atoms with Crippen molar-refractivity contribution < 1.29 is 9.53 Å². The van der Waals surface area contributed by atoms with Crippen LogP contribution >= 0.6 is 11.6 Å². The number of methoxy groups -OCH3 is 1. The van der Waals surface area contributed by atoms with Gasteiger partial charge in [-0.2, -0.15) is 4.98 Å². The number of anilines is 5. The number of ether oxygens (including phenoxy) is 1. The largest absolute Gasteiger partial charge is 0.492 e. The number of benzene rings is 2. The number of aromatic nitrogens is 2. The summed E-state index contributed by atoms with van der Waals surface area (Å²) in [6.45, 7) is 5.12. The molecular weight excluding hydrogens is 466 g/mol. The lowest BCUT2D eigenvalue weighted by Crippen LogP contribution is -2.25. The van der Waals surface area contributed by atoms with Crippen molar-refractivity contribution in [2.24, 2.45) is 0 Å². The van der Waals surface area contributed by atoms with E-state index in [4.69, 9.17) is 22.1 Å². The van der Waals surface area contributed by atoms with Crippen LogP contribution in [0, 0.1) is 0 Å². The number of para-hydroxylation sites is 1. The summed E-state index contributed by atoms with van der Waals surface area (Å²) in [6, 6.07) is 9.19. The lowest BCUT2D eigenvalue weighted by atomic mass is 9.99. The highest BCUT2D eigenvalue weighted by Crippen LogP contribution is 2.39. The van der Waals surface area contributed by atoms with Crippen LogP contribution in [0.5, 0.6) is 5.75 Å². The molecule has 0 bridgehead atoms. The van der Waals surface area contributed by atoms with Gasteiger partial charge in [-0.1, -0.05) is 30.7 Å². The SMILES string of the molecule is CCN1CCc2cc(Nc3ncc(Cl)c(Nc4ccccc4C(=O)NC)n3)c(OC)c(N)c2CC1. The molecule has 2 aromatic carbocycles. The molecule has 0 radical (unpaired) electrons. The molecule has 0 unspecified atom stereocenters. The molecule has 35 heavy (non-hydrogen) atoms. The van der Waals surface area contributed by atoms with Crippen LogP contribution in [-0.4, -0.2) is 54.6 Å². The predicted octanol–water partition coefficient (Wildman–Crippen LogP) is 3.99. The Morgan fingerprint density at radius 3 is 2.71 bits per heavy atom. The second kappa shape index (κ2) is 10.8. The Labute approximate surface area is 210 Å². The van der Waals surface area contributed by atoms with Crippen LogP contribution in [-0.2, 0) is 12.8 Å². The standard InChI is InChI=1S/C25H30ClN7O2/c1-4-33-11-9-15-13-20(22(35-3)21(27)16(15)10-12-33)31-25-29-14-18(26)23(32-25)30-19-8-6-5-7-17(19)24(34)28-2/h5-8,13-14H,4,9-12,27H2,1-3H3,(H,28,34)(H2,29,30,31,32). The van der Waals surface area contributed by atoms with Crippen molar-refractivity contribution in [1.82, 2.24) is 20.2 Å². The van der Waals surface area contributed by atoms with E-state index in [1.54, 1.807) is 32.4 Å². The number of carbonyl (C=O) groups excluding carboxylic acids is 1. The van der Waals surface area contributed by atoms with E-state index in [2.05, 4.69) is 43.8 Å². The maximum absolute atomic E-state index is 12.2. The van der Waals surface area contributed by atoms with Gasteiger partial charge in [-0.05, 0) is 48.7 Å². The number of amides is 1. The fourth-order valence-electron chi connectivity index (χ4n) is 4.28. The number of rotatable bonds is 7. The molecule has 0 aliphatic carbocycles. The van der Waals surface area contributed by atoms with Gasteiger partial charge in [0.05, 0.1) is 35.9 Å². The molecule has 1 aliphatic rings. The number of nitrogen functional groups attached to an aromatic ring is 1. The Bertz CT molecular complexity index is 1230. The number of carbonyl (C=O) groups is 1. The van der Waals surface area contributed by atoms with E-state index in [9.17, 15) is 4.79 Å². The first-order valence-corrected chi connectivity index (χ1v) is 11.9. The number of hydrogen-bond donors (Lipinski definition) is 4. The van der Waals surface area contributed by atoms with E-state index >= 15 is 0 Å². The Morgan fingerprint density at radius 1 is 1.20 bits per heavy atom. The van der Waals surface area contributed by atoms with Gasteiger partial charge in [0, 0.05) is 20.1 Å². The Balaban J connectivity index is 1.65. The minimum Gasteiger partial charge on any atom is -0.492 e. The topological polar surface area (TPSA) is 117 Å². The second-order valence-corrected chi connectivity index (χ2v) is 8.62. The minimum atomic E-state index is -0.219. The summed E-state index contributed by atoms with van der Waals surface area (Å²) in [5.41, 5.74) is 11.2. The molecule has 0 saturated heterocycles. The lowest BCUT2D eigenvalue weighted by Gasteiger charge is -2.18. The average Bonchev–Trinajstić information content (AvgIpc) is 3.08. The highest BCUT2D eigenvalue weighted by atomic mass is 35.5. The summed E-state index contributed by atoms with van der Waals surface area (Å²) in [5, 5.41) is 9.34. The van der Waals surface area contributed by atoms with E-state index in [1.807, 2.05) is 6.07 Å². The molecule has 9 nitrogen and oxygen atoms in total. The first kappa shape index (κ1) is 24.6. The summed E-state index contributed by atoms with van der Waals surface area (Å²) in [6.07, 6.45) is 3.28. The van der Waals surface area contributed by atoms with Gasteiger partial charge in [-0.25, -0.2) is 4.98 Å². The third-order valence-corrected chi connectivity index (χ3v) is 6.47. The zero-order valence-corrected chi connectivity index (χ0v) is 20.9. The van der Waals surface area contributed by atoms with Crippen molar-refractivity contribution in [3.63, 3.8) is 0 Å². The van der Waals surface area contributed by atoms with E-state index in [0.717, 1.165) is 38.0 Å². The van der Waals surface area contributed by atoms with Gasteiger partial charge in [0.25, 0.3) is 5.91 Å². The summed E-state index contributed by atoms with van der Waals surface area (Å²) in [5.74, 6) is 1.02. The van der Waals surface area contributed by atoms with Gasteiger partial charge in [0.1, 0.15) is 5.02 Å². The van der Waals surface area contributed by atoms with Crippen LogP contribution < -0.4 is 26.4 Å². The molecular formula is C25H30ClN7O2. The monoisotopic (exact) mass is 495 g/mol. The smallest absolute Gasteiger partial charge is 0.253 e. The molecule has 2 heterocycles. The molecule has 0 saturated carbocycles. The lowest BCUT2D eigenvalue weighted by molar-refractivity contribution is 0.0964. The van der Waals surface area contributed by atoms with Gasteiger partial charge in [0.15, 0.2) is 11.6 Å². The first-order valence-electron chi connectivity index (χ1n) is 11.5. The van der Waals surface area contributed by atoms with Crippen LogP contribution in [0.15, 0.2) is 36.5 Å². The summed E-state index contributed by atoms with van der Waals surface area (Å²) < 4.78 is 5.67. The summed E-state index contributed by atoms with van der Waals surface area (Å²) >= 11 is 6.37. The van der Waals surface area contributed by atoms with Crippen molar-refractivity contribution in [3.8, 4) is 5.75 Å². The quantitative estimate of drug-likeness (QED) is 0.363. The van der Waals surface area contributed by atoms with Gasteiger partial charge >= 0.3 is 0 Å². The number of likely N-dealkylation sites (N-methyl/N-ethyl adjacent to an activating group) is 1. The van der Waals surface area contributed by atoms with Crippen LogP contribution in [0.1, 0.15) is 28.4 Å². The number of nitrogens with zero attached hydrogens (tertiary/aromatic N) is 3. The third-order valence-electron chi connectivity index (χ3n) is 6.19. The van der Waals surface area contributed by atoms with Gasteiger partial charge in [0.2, 0.25) is 5.95 Å². The molecule has 1 amide bonds. The molecule has 1 aliphatic heterocycles. The minimum absolute atomic E-state index is 0.219. The summed E-state index contributed by atoms with van der Waals surface area (Å²) in [7, 11) is 3.18. The predicted molar refractivity (Wildman–Crippen MR) is 140 cm³/mol. The number of halogens is 1. The van der Waals surface area contributed by atoms with Crippen molar-refractivity contribution in [2.45, 2.75) is 19.8 Å². The average molecular weight is 496 g/mol. The molecule has 184 valence electrons. The number of hydrogen-bond acceptors (Lipinski definition) is 8. The van der Waals surface area contributed by atoms with Crippen molar-refractivity contribution in [3.05, 3.63) is 58.2 Å². The fraction of sp³-hybridized carbons (Fsp3) is 0.320. The normalized spacial score (nSPS) is 13.5. The molecule has 4 rings (SSSR count). The van der Waals surface area contributed by atoms with E-state index in [0.29, 0.717) is 45.2 Å². The molecule has 0 fully saturated rings. The Hall–Kier alpha value is -3.56. The van der Waals surface area contributed by atoms with E-state index < -0.39 is 0 Å². The van der Waals surface area contributed by atoms with Crippen molar-refractivity contribution in [1.29, 1.82) is 0 Å². The Morgan fingerprint density at radius 2 is 1.97 bits per heavy atom. The van der Waals surface area contributed by atoms with Crippen LogP contribution in [0.3, 0.4) is 0 Å². The van der Waals surface area contributed by atoms with Gasteiger partial charge < -0.3 is 31.3 Å². The highest BCUT2D eigenvalue weighted by Gasteiger charge is 2.21. The van der Waals surface area contributed by atoms with Gasteiger partial charge in [-0.3, -0.25) is 4.79 Å². The Kier molecular flexibility index (Phi) is 7.57. The molecule has 1 aromatic heterocycles. The van der Waals surface area contributed by atoms with Crippen LogP contribution in [0.4, 0.5) is 28.8 Å². The molecule has 0 atom stereocenters. The molecule has 5 N–H and O–H groups in total. The first-order chi connectivity index (χ1) is 16.9. The molecule has 0 spiro atoms. The molecule has 10 heteroatoms. The fourth-order valence-corrected chi connectivity index (χ4v) is 4.42. The number of nitrogens with two attached hydrogens (primary N) is 1. The molecule has 3 aromatic rings. The zero-order valence-electron chi connectivity index (χ0n) is 20.1. The number of nitrogens with one attached hydrogen (secondary N) is 3. The van der Waals surface area contributed by atoms with E-state index in [-0.39, 0.29) is 5.91 Å². The van der Waals surface area contributed by atoms with E-state index in [1.165, 1.54) is 11.8 Å². The highest BCUT2D eigenvalue weighted by molar-refractivity contribution is 6.33. The summed E-state index contributed by atoms with van der Waals surface area (Å²) in [4.78, 5) is 23.5. The maximum atomic E-state index is 12.2. The van der Waals surface area contributed by atoms with Crippen molar-refractivity contribution in [2.75, 3.05) is 50.2 Å². The zero-order chi connectivity index (χ0) is 24.9. The maximum Gasteiger partial charge on any atom is 0.253 e. The van der Waals surface area contributed by atoms with Crippen molar-refractivity contribution >= 4 is 46.3 Å². The van der Waals surface area contributed by atoms with Gasteiger partial charge in [-0.15, -0.1) is 0 Å². The number of fused-ring (bicyclic) bond motifs is 1. The van der Waals surface area contributed by atoms with Crippen LogP contribution in [0.25, 0.3) is 0 Å². The third kappa shape index (κ3) is 5.26.